The molecule has 0 heterocycles. The third kappa shape index (κ3) is 70.2. The Morgan fingerprint density at radius 2 is 0.571 bits per heavy atom. The van der Waals surface area contributed by atoms with Gasteiger partial charge in [0, 0.05) is 25.7 Å². The van der Waals surface area contributed by atoms with Gasteiger partial charge in [-0.2, -0.15) is 0 Å². The Hall–Kier alpha value is -4.28. The maximum absolute atomic E-state index is 13.1. The average molecular weight is 1420 g/mol. The van der Waals surface area contributed by atoms with Crippen molar-refractivity contribution in [2.24, 2.45) is 0 Å². The smallest absolute Gasteiger partial charge is 0.462 e. The Balaban J connectivity index is 5.40. The summed E-state index contributed by atoms with van der Waals surface area (Å²) in [6, 6.07) is 0. The van der Waals surface area contributed by atoms with E-state index in [1.54, 1.807) is 0 Å². The highest BCUT2D eigenvalue weighted by atomic mass is 31.2. The van der Waals surface area contributed by atoms with E-state index in [9.17, 15) is 43.2 Å². The molecule has 19 heteroatoms. The van der Waals surface area contributed by atoms with Gasteiger partial charge in [-0.3, -0.25) is 37.3 Å². The van der Waals surface area contributed by atoms with Gasteiger partial charge in [0.15, 0.2) is 12.2 Å². The van der Waals surface area contributed by atoms with Crippen molar-refractivity contribution in [3.8, 4) is 0 Å². The van der Waals surface area contributed by atoms with Crippen LogP contribution in [0.3, 0.4) is 0 Å². The van der Waals surface area contributed by atoms with Crippen molar-refractivity contribution in [2.45, 2.75) is 329 Å². The molecule has 0 saturated heterocycles. The molecule has 0 aromatic carbocycles. The molecule has 0 spiro atoms. The van der Waals surface area contributed by atoms with Crippen LogP contribution in [0, 0.1) is 0 Å². The lowest BCUT2D eigenvalue weighted by Gasteiger charge is -2.21. The first kappa shape index (κ1) is 93.7. The Morgan fingerprint density at radius 3 is 0.939 bits per heavy atom. The van der Waals surface area contributed by atoms with E-state index in [-0.39, 0.29) is 25.7 Å². The van der Waals surface area contributed by atoms with Crippen LogP contribution in [0.2, 0.25) is 0 Å². The summed E-state index contributed by atoms with van der Waals surface area (Å²) in [7, 11) is -9.97. The molecule has 0 aromatic heterocycles. The van der Waals surface area contributed by atoms with Crippen molar-refractivity contribution in [3.05, 3.63) is 109 Å². The number of rotatable bonds is 71. The number of aliphatic hydroxyl groups excluding tert-OH is 1. The molecule has 0 radical (unpaired) electrons. The lowest BCUT2D eigenvalue weighted by atomic mass is 10.0. The zero-order chi connectivity index (χ0) is 71.8. The van der Waals surface area contributed by atoms with E-state index in [0.29, 0.717) is 32.1 Å². The maximum Gasteiger partial charge on any atom is 0.472 e. The Bertz CT molecular complexity index is 2290. The third-order valence-corrected chi connectivity index (χ3v) is 17.6. The normalized spacial score (nSPS) is 14.6. The Morgan fingerprint density at radius 1 is 0.296 bits per heavy atom. The van der Waals surface area contributed by atoms with Gasteiger partial charge < -0.3 is 33.8 Å². The molecule has 0 aromatic rings. The second-order valence-corrected chi connectivity index (χ2v) is 28.1. The van der Waals surface area contributed by atoms with Gasteiger partial charge in [-0.1, -0.05) is 278 Å². The highest BCUT2D eigenvalue weighted by molar-refractivity contribution is 7.47. The molecule has 564 valence electrons. The number of allylic oxidation sites excluding steroid dienone is 18. The van der Waals surface area contributed by atoms with E-state index < -0.39 is 97.5 Å². The summed E-state index contributed by atoms with van der Waals surface area (Å²) in [6.07, 6.45) is 75.2. The number of esters is 4. The third-order valence-electron chi connectivity index (χ3n) is 15.7. The summed E-state index contributed by atoms with van der Waals surface area (Å²) in [5, 5.41) is 10.6. The van der Waals surface area contributed by atoms with E-state index in [2.05, 4.69) is 119 Å². The largest absolute Gasteiger partial charge is 0.472 e. The van der Waals surface area contributed by atoms with Gasteiger partial charge in [0.05, 0.1) is 26.4 Å². The second-order valence-electron chi connectivity index (χ2n) is 25.2. The van der Waals surface area contributed by atoms with Crippen LogP contribution in [0.4, 0.5) is 0 Å². The summed E-state index contributed by atoms with van der Waals surface area (Å²) in [5.74, 6) is -2.29. The van der Waals surface area contributed by atoms with Crippen molar-refractivity contribution in [2.75, 3.05) is 39.6 Å². The number of unbranched alkanes of at least 4 members (excludes halogenated alkanes) is 27. The molecule has 0 aliphatic heterocycles. The van der Waals surface area contributed by atoms with Gasteiger partial charge in [-0.15, -0.1) is 0 Å². The van der Waals surface area contributed by atoms with E-state index in [1.165, 1.54) is 77.0 Å². The number of ether oxygens (including phenoxy) is 4. The SMILES string of the molecule is CC/C=C\C/C=C\C/C=C\C/C=C\C/C=C\C/C=C\CCC(=O)OCC(COP(=O)(O)OCC(O)COP(=O)(O)OCC(COC(=O)CCCCCCC/C=C\C/C=C\CCC)OC(=O)CCCCCCC/C=C\CCCCCC)OC(=O)CCCCCCCCCCCCCCC. The zero-order valence-electron chi connectivity index (χ0n) is 61.4. The standard InChI is InChI=1S/C79H136O17P2/c1-5-9-13-17-21-25-29-33-34-35-36-37-38-42-44-48-52-56-60-64-77(82)90-70-75(96-79(84)66-62-58-54-50-46-41-32-28-24-20-16-12-8-4)72-94-98(87,88)92-68-73(80)67-91-97(85,86)93-71-74(95-78(83)65-61-57-53-49-45-40-31-27-23-19-15-11-7-3)69-89-76(81)63-59-55-51-47-43-39-30-26-22-18-14-10-6-2/h9,13-14,18,21,25-27,30-31,33-34,36-37,42,44,52,56,73-75,80H,5-8,10-12,15-17,19-20,22-24,28-29,32,35,38-41,43,45-51,53-55,57-72H2,1-4H3,(H,85,86)(H,87,88)/b13-9-,18-14-,25-21-,30-26-,31-27-,34-33-,37-36-,44-42-,56-52-. The molecule has 0 saturated carbocycles. The van der Waals surface area contributed by atoms with Crippen molar-refractivity contribution in [3.63, 3.8) is 0 Å². The zero-order valence-corrected chi connectivity index (χ0v) is 63.2. The minimum absolute atomic E-state index is 0.0367. The number of aliphatic hydroxyl groups is 1. The lowest BCUT2D eigenvalue weighted by Crippen LogP contribution is -2.30. The summed E-state index contributed by atoms with van der Waals surface area (Å²) < 4.78 is 68.3. The number of carbonyl (C=O) groups excluding carboxylic acids is 4. The molecule has 0 fully saturated rings. The Kier molecular flexibility index (Phi) is 68.0. The molecule has 5 atom stereocenters. The molecular formula is C79H136O17P2. The summed E-state index contributed by atoms with van der Waals surface area (Å²) in [5.41, 5.74) is 0. The van der Waals surface area contributed by atoms with Crippen LogP contribution < -0.4 is 0 Å². The first-order valence-electron chi connectivity index (χ1n) is 38.1. The number of carbonyl (C=O) groups is 4. The summed E-state index contributed by atoms with van der Waals surface area (Å²) in [6.45, 7) is 4.58. The van der Waals surface area contributed by atoms with Gasteiger partial charge >= 0.3 is 39.5 Å². The van der Waals surface area contributed by atoms with E-state index in [1.807, 2.05) is 18.2 Å². The minimum atomic E-state index is -4.99. The lowest BCUT2D eigenvalue weighted by molar-refractivity contribution is -0.161. The van der Waals surface area contributed by atoms with E-state index >= 15 is 0 Å². The molecule has 17 nitrogen and oxygen atoms in total. The van der Waals surface area contributed by atoms with Crippen LogP contribution in [0.5, 0.6) is 0 Å². The predicted molar refractivity (Wildman–Crippen MR) is 399 cm³/mol. The molecule has 0 rings (SSSR count). The van der Waals surface area contributed by atoms with Crippen molar-refractivity contribution < 1.29 is 80.2 Å². The topological polar surface area (TPSA) is 237 Å². The predicted octanol–water partition coefficient (Wildman–Crippen LogP) is 21.8. The Labute approximate surface area is 594 Å². The molecule has 5 unspecified atom stereocenters. The van der Waals surface area contributed by atoms with Crippen LogP contribution in [0.25, 0.3) is 0 Å². The molecular weight excluding hydrogens is 1280 g/mol. The number of phosphoric acid groups is 2. The van der Waals surface area contributed by atoms with Gasteiger partial charge in [-0.25, -0.2) is 9.13 Å². The maximum atomic E-state index is 13.1. The van der Waals surface area contributed by atoms with Crippen LogP contribution in [-0.2, 0) is 65.4 Å². The highest BCUT2D eigenvalue weighted by Gasteiger charge is 2.30. The molecule has 3 N–H and O–H groups in total. The minimum Gasteiger partial charge on any atom is -0.462 e. The first-order valence-corrected chi connectivity index (χ1v) is 41.1. The average Bonchev–Trinajstić information content (AvgIpc) is 0.966. The fraction of sp³-hybridized carbons (Fsp3) is 0.722. The van der Waals surface area contributed by atoms with Crippen LogP contribution >= 0.6 is 15.6 Å². The van der Waals surface area contributed by atoms with E-state index in [0.717, 1.165) is 148 Å². The van der Waals surface area contributed by atoms with Gasteiger partial charge in [0.1, 0.15) is 19.3 Å². The molecule has 0 bridgehead atoms. The monoisotopic (exact) mass is 1420 g/mol. The fourth-order valence-corrected chi connectivity index (χ4v) is 11.5. The van der Waals surface area contributed by atoms with Crippen LogP contribution in [0.15, 0.2) is 109 Å². The fourth-order valence-electron chi connectivity index (χ4n) is 9.93. The number of hydrogen-bond acceptors (Lipinski definition) is 15. The number of phosphoric ester groups is 2. The molecule has 98 heavy (non-hydrogen) atoms. The van der Waals surface area contributed by atoms with Crippen LogP contribution in [0.1, 0.15) is 310 Å². The van der Waals surface area contributed by atoms with Crippen molar-refractivity contribution >= 4 is 39.5 Å². The van der Waals surface area contributed by atoms with Crippen molar-refractivity contribution in [1.82, 2.24) is 0 Å². The molecule has 0 amide bonds. The first-order chi connectivity index (χ1) is 47.7. The van der Waals surface area contributed by atoms with Gasteiger partial charge in [-0.05, 0) is 116 Å². The molecule has 0 aliphatic carbocycles. The van der Waals surface area contributed by atoms with Gasteiger partial charge in [0.25, 0.3) is 0 Å². The van der Waals surface area contributed by atoms with Crippen molar-refractivity contribution in [1.29, 1.82) is 0 Å². The molecule has 0 aliphatic rings. The van der Waals surface area contributed by atoms with E-state index in [4.69, 9.17) is 37.0 Å². The summed E-state index contributed by atoms with van der Waals surface area (Å²) in [4.78, 5) is 72.8. The second kappa shape index (κ2) is 71.1. The van der Waals surface area contributed by atoms with Crippen LogP contribution in [-0.4, -0.2) is 96.7 Å². The highest BCUT2D eigenvalue weighted by Crippen LogP contribution is 2.45. The number of hydrogen-bond donors (Lipinski definition) is 3. The quantitative estimate of drug-likeness (QED) is 0.0169. The summed E-state index contributed by atoms with van der Waals surface area (Å²) >= 11 is 0. The van der Waals surface area contributed by atoms with Gasteiger partial charge in [0.2, 0.25) is 0 Å².